The third kappa shape index (κ3) is 4.06. The van der Waals surface area contributed by atoms with Crippen molar-refractivity contribution in [3.8, 4) is 5.75 Å². The molecule has 0 radical (unpaired) electrons. The summed E-state index contributed by atoms with van der Waals surface area (Å²) in [5.41, 5.74) is 0.589. The van der Waals surface area contributed by atoms with E-state index in [-0.39, 0.29) is 0 Å². The van der Waals surface area contributed by atoms with Crippen LogP contribution in [0, 0.1) is 0 Å². The van der Waals surface area contributed by atoms with Gasteiger partial charge in [0.2, 0.25) is 0 Å². The van der Waals surface area contributed by atoms with Gasteiger partial charge in [-0.3, -0.25) is 0 Å². The lowest BCUT2D eigenvalue weighted by Gasteiger charge is -2.41. The molecule has 1 saturated heterocycles. The van der Waals surface area contributed by atoms with Crippen molar-refractivity contribution in [3.63, 3.8) is 0 Å². The fraction of sp³-hybridized carbons (Fsp3) is 0.316. The van der Waals surface area contributed by atoms with Gasteiger partial charge >= 0.3 is 16.3 Å². The number of benzene rings is 2. The summed E-state index contributed by atoms with van der Waals surface area (Å²) in [7, 11) is -2.77. The number of para-hydroxylation sites is 2. The first kappa shape index (κ1) is 19.2. The van der Waals surface area contributed by atoms with E-state index < -0.39 is 21.7 Å². The van der Waals surface area contributed by atoms with Crippen LogP contribution in [0.4, 0.5) is 5.69 Å². The Balaban J connectivity index is 1.90. The van der Waals surface area contributed by atoms with E-state index in [1.165, 1.54) is 0 Å². The van der Waals surface area contributed by atoms with E-state index in [4.69, 9.17) is 9.88 Å². The summed E-state index contributed by atoms with van der Waals surface area (Å²) in [5, 5.41) is 4.94. The molecule has 7 nitrogen and oxygen atoms in total. The van der Waals surface area contributed by atoms with Crippen LogP contribution in [0.3, 0.4) is 0 Å². The molecule has 2 aromatic carbocycles. The molecule has 0 atom stereocenters. The fourth-order valence-electron chi connectivity index (χ4n) is 3.57. The molecular formula is C19H22N2O5S. The molecule has 0 aliphatic carbocycles. The van der Waals surface area contributed by atoms with E-state index >= 15 is 0 Å². The average Bonchev–Trinajstić information content (AvgIpc) is 2.67. The van der Waals surface area contributed by atoms with Crippen LogP contribution < -0.4 is 14.8 Å². The number of hydrogen-bond acceptors (Lipinski definition) is 6. The number of ether oxygens (including phenoxy) is 1. The van der Waals surface area contributed by atoms with Gasteiger partial charge in [-0.05, 0) is 30.5 Å². The normalized spacial score (nSPS) is 16.6. The Morgan fingerprint density at radius 1 is 1.04 bits per heavy atom. The number of methoxy groups -OCH3 is 1. The summed E-state index contributed by atoms with van der Waals surface area (Å²) in [6, 6.07) is 16.7. The lowest BCUT2D eigenvalue weighted by Crippen LogP contribution is -2.49. The molecule has 3 rings (SSSR count). The maximum absolute atomic E-state index is 12.8. The largest absolute Gasteiger partial charge is 0.495 e. The Morgan fingerprint density at radius 3 is 2.22 bits per heavy atom. The summed E-state index contributed by atoms with van der Waals surface area (Å²) in [4.78, 5) is 14.9. The van der Waals surface area contributed by atoms with Crippen molar-refractivity contribution < 1.29 is 22.1 Å². The molecule has 0 amide bonds. The first-order valence-corrected chi connectivity index (χ1v) is 10.0. The number of carbonyl (C=O) groups excluding carboxylic acids is 1. The topological polar surface area (TPSA) is 98.9 Å². The monoisotopic (exact) mass is 390 g/mol. The Bertz CT molecular complexity index is 907. The minimum absolute atomic E-state index is 0.392. The quantitative estimate of drug-likeness (QED) is 0.838. The van der Waals surface area contributed by atoms with Gasteiger partial charge in [-0.25, -0.2) is 4.79 Å². The van der Waals surface area contributed by atoms with Crippen LogP contribution in [0.15, 0.2) is 54.6 Å². The molecule has 27 heavy (non-hydrogen) atoms. The summed E-state index contributed by atoms with van der Waals surface area (Å²) in [6.07, 6.45) is 0.785. The molecule has 2 N–H and O–H groups in total. The smallest absolute Gasteiger partial charge is 0.382 e. The third-order valence-corrected chi connectivity index (χ3v) is 5.34. The second kappa shape index (κ2) is 7.58. The Hall–Kier alpha value is -2.58. The maximum atomic E-state index is 12.8. The molecule has 0 spiro atoms. The van der Waals surface area contributed by atoms with E-state index in [2.05, 4.69) is 9.08 Å². The number of nitrogens with two attached hydrogens (primary N) is 1. The van der Waals surface area contributed by atoms with Gasteiger partial charge in [0.25, 0.3) is 0 Å². The van der Waals surface area contributed by atoms with E-state index in [9.17, 15) is 13.2 Å². The molecule has 0 unspecified atom stereocenters. The van der Waals surface area contributed by atoms with Crippen LogP contribution in [0.2, 0.25) is 0 Å². The first-order valence-electron chi connectivity index (χ1n) is 8.56. The zero-order valence-corrected chi connectivity index (χ0v) is 15.8. The number of nitrogens with zero attached hydrogens (tertiary/aromatic N) is 1. The van der Waals surface area contributed by atoms with Crippen molar-refractivity contribution in [2.75, 3.05) is 25.1 Å². The highest BCUT2D eigenvalue weighted by Gasteiger charge is 2.46. The molecule has 0 bridgehead atoms. The Morgan fingerprint density at radius 2 is 1.63 bits per heavy atom. The molecule has 2 aromatic rings. The van der Waals surface area contributed by atoms with Crippen molar-refractivity contribution in [2.45, 2.75) is 18.3 Å². The second-order valence-electron chi connectivity index (χ2n) is 6.47. The van der Waals surface area contributed by atoms with Gasteiger partial charge in [-0.1, -0.05) is 42.5 Å². The van der Waals surface area contributed by atoms with Crippen molar-refractivity contribution in [1.82, 2.24) is 0 Å². The van der Waals surface area contributed by atoms with E-state index in [1.54, 1.807) is 7.11 Å². The molecule has 1 fully saturated rings. The molecule has 144 valence electrons. The average molecular weight is 390 g/mol. The van der Waals surface area contributed by atoms with Crippen molar-refractivity contribution in [3.05, 3.63) is 60.2 Å². The Labute approximate surface area is 158 Å². The van der Waals surface area contributed by atoms with Gasteiger partial charge in [-0.2, -0.15) is 13.6 Å². The maximum Gasteiger partial charge on any atom is 0.382 e. The van der Waals surface area contributed by atoms with Gasteiger partial charge in [0.15, 0.2) is 0 Å². The standard InChI is InChI=1S/C19H22N2O5S/c1-25-17-10-6-5-9-16(17)21-13-11-19(12-14-21,15-7-3-2-4-8-15)18(22)26-27(20,23)24/h2-10H,11-14H2,1H3,(H2,20,23,24). The molecule has 1 aliphatic rings. The summed E-state index contributed by atoms with van der Waals surface area (Å²) < 4.78 is 32.7. The zero-order chi connectivity index (χ0) is 19.5. The van der Waals surface area contributed by atoms with Gasteiger partial charge in [-0.15, -0.1) is 0 Å². The van der Waals surface area contributed by atoms with Crippen molar-refractivity contribution in [1.29, 1.82) is 0 Å². The lowest BCUT2D eigenvalue weighted by molar-refractivity contribution is -0.141. The predicted octanol–water partition coefficient (Wildman–Crippen LogP) is 1.98. The van der Waals surface area contributed by atoms with Crippen LogP contribution in [-0.2, 0) is 24.7 Å². The SMILES string of the molecule is COc1ccccc1N1CCC(C(=O)OS(N)(=O)=O)(c2ccccc2)CC1. The van der Waals surface area contributed by atoms with E-state index in [1.807, 2.05) is 54.6 Å². The summed E-state index contributed by atoms with van der Waals surface area (Å²) in [6.45, 7) is 1.07. The van der Waals surface area contributed by atoms with Gasteiger partial charge in [0.05, 0.1) is 18.2 Å². The van der Waals surface area contributed by atoms with Crippen LogP contribution in [-0.4, -0.2) is 34.6 Å². The van der Waals surface area contributed by atoms with E-state index in [0.717, 1.165) is 17.0 Å². The first-order chi connectivity index (χ1) is 12.9. The van der Waals surface area contributed by atoms with E-state index in [0.29, 0.717) is 25.9 Å². The highest BCUT2D eigenvalue weighted by molar-refractivity contribution is 7.84. The number of anilines is 1. The molecule has 0 saturated carbocycles. The number of hydrogen-bond donors (Lipinski definition) is 1. The fourth-order valence-corrected chi connectivity index (χ4v) is 3.94. The molecule has 1 heterocycles. The highest BCUT2D eigenvalue weighted by Crippen LogP contribution is 2.40. The van der Waals surface area contributed by atoms with Gasteiger partial charge < -0.3 is 13.8 Å². The predicted molar refractivity (Wildman–Crippen MR) is 102 cm³/mol. The Kier molecular flexibility index (Phi) is 5.38. The van der Waals surface area contributed by atoms with Gasteiger partial charge in [0.1, 0.15) is 5.75 Å². The number of carbonyl (C=O) groups is 1. The van der Waals surface area contributed by atoms with Crippen LogP contribution in [0.1, 0.15) is 18.4 Å². The number of rotatable bonds is 5. The highest BCUT2D eigenvalue weighted by atomic mass is 32.2. The second-order valence-corrected chi connectivity index (χ2v) is 7.62. The summed E-state index contributed by atoms with van der Waals surface area (Å²) >= 11 is 0. The van der Waals surface area contributed by atoms with Crippen LogP contribution >= 0.6 is 0 Å². The molecule has 0 aromatic heterocycles. The van der Waals surface area contributed by atoms with Crippen molar-refractivity contribution in [2.24, 2.45) is 5.14 Å². The zero-order valence-electron chi connectivity index (χ0n) is 15.0. The van der Waals surface area contributed by atoms with Crippen LogP contribution in [0.25, 0.3) is 0 Å². The van der Waals surface area contributed by atoms with Gasteiger partial charge in [0, 0.05) is 13.1 Å². The lowest BCUT2D eigenvalue weighted by atomic mass is 9.72. The number of piperidine rings is 1. The molecule has 1 aliphatic heterocycles. The van der Waals surface area contributed by atoms with Crippen molar-refractivity contribution >= 4 is 22.0 Å². The minimum atomic E-state index is -4.38. The summed E-state index contributed by atoms with van der Waals surface area (Å²) in [5.74, 6) is -0.0901. The third-order valence-electron chi connectivity index (χ3n) is 4.95. The minimum Gasteiger partial charge on any atom is -0.495 e. The molecular weight excluding hydrogens is 368 g/mol. The van der Waals surface area contributed by atoms with Crippen LogP contribution in [0.5, 0.6) is 5.75 Å². The molecule has 8 heteroatoms.